The molecule has 0 spiro atoms. The van der Waals surface area contributed by atoms with Gasteiger partial charge in [-0.2, -0.15) is 0 Å². The number of rotatable bonds is 4. The summed E-state index contributed by atoms with van der Waals surface area (Å²) < 4.78 is 42.8. The van der Waals surface area contributed by atoms with Crippen molar-refractivity contribution in [1.82, 2.24) is 4.31 Å². The summed E-state index contributed by atoms with van der Waals surface area (Å²) in [6.45, 7) is -2.44. The van der Waals surface area contributed by atoms with Crippen LogP contribution in [-0.4, -0.2) is 33.1 Å². The fourth-order valence-corrected chi connectivity index (χ4v) is 0.566. The van der Waals surface area contributed by atoms with Crippen LogP contribution in [0.1, 0.15) is 0 Å². The van der Waals surface area contributed by atoms with Crippen LogP contribution in [0.2, 0.25) is 0 Å². The maximum Gasteiger partial charge on any atom is 0.152 e. The van der Waals surface area contributed by atoms with E-state index in [0.29, 0.717) is 4.31 Å². The van der Waals surface area contributed by atoms with Gasteiger partial charge in [0.1, 0.15) is 6.67 Å². The van der Waals surface area contributed by atoms with Crippen LogP contribution in [0, 0.1) is 0 Å². The molecule has 0 radical (unpaired) electrons. The van der Waals surface area contributed by atoms with Crippen molar-refractivity contribution in [1.29, 1.82) is 0 Å². The van der Waals surface area contributed by atoms with Gasteiger partial charge in [-0.15, -0.1) is 0 Å². The third kappa shape index (κ3) is 3.50. The van der Waals surface area contributed by atoms with Gasteiger partial charge in [-0.05, 0) is 0 Å². The smallest absolute Gasteiger partial charge is 0.152 e. The quantitative estimate of drug-likeness (QED) is 0.426. The fraction of sp³-hybridized carbons (Fsp3) is 1.00. The van der Waals surface area contributed by atoms with Crippen molar-refractivity contribution >= 4 is 11.3 Å². The Morgan fingerprint density at radius 1 is 1.56 bits per heavy atom. The Bertz CT molecular complexity index is 102. The van der Waals surface area contributed by atoms with Gasteiger partial charge in [0.05, 0.1) is 0 Å². The van der Waals surface area contributed by atoms with Gasteiger partial charge < -0.3 is 4.55 Å². The van der Waals surface area contributed by atoms with Crippen LogP contribution < -0.4 is 0 Å². The van der Waals surface area contributed by atoms with Crippen LogP contribution in [-0.2, 0) is 11.3 Å². The standard InChI is InChI=1S/C3H7F2NO2S/c4-1-2-6(3-5)9(7)8/h1-3H2,(H,7,8)/p-1. The topological polar surface area (TPSA) is 43.4 Å². The molecule has 0 rings (SSSR count). The van der Waals surface area contributed by atoms with Crippen molar-refractivity contribution in [2.24, 2.45) is 0 Å². The van der Waals surface area contributed by atoms with E-state index in [4.69, 9.17) is 0 Å². The number of halogens is 2. The van der Waals surface area contributed by atoms with Gasteiger partial charge in [0.15, 0.2) is 6.80 Å². The predicted molar refractivity (Wildman–Crippen MR) is 27.6 cm³/mol. The van der Waals surface area contributed by atoms with Gasteiger partial charge >= 0.3 is 0 Å². The second-order valence-electron chi connectivity index (χ2n) is 1.23. The largest absolute Gasteiger partial charge is 0.760 e. The van der Waals surface area contributed by atoms with Crippen molar-refractivity contribution in [3.63, 3.8) is 0 Å². The lowest BCUT2D eigenvalue weighted by Crippen LogP contribution is -2.26. The molecule has 0 aliphatic carbocycles. The van der Waals surface area contributed by atoms with Crippen LogP contribution in [0.3, 0.4) is 0 Å². The van der Waals surface area contributed by atoms with Crippen LogP contribution >= 0.6 is 0 Å². The number of alkyl halides is 2. The third-order valence-corrected chi connectivity index (χ3v) is 1.38. The number of nitrogens with zero attached hydrogens (tertiary/aromatic N) is 1. The molecule has 0 saturated heterocycles. The average molecular weight is 158 g/mol. The minimum Gasteiger partial charge on any atom is -0.760 e. The normalized spacial score (nSPS) is 14.2. The maximum atomic E-state index is 11.5. The van der Waals surface area contributed by atoms with Gasteiger partial charge in [-0.3, -0.25) is 4.21 Å². The molecule has 0 aliphatic rings. The summed E-state index contributed by atoms with van der Waals surface area (Å²) in [5, 5.41) is 0. The molecule has 0 fully saturated rings. The Kier molecular flexibility index (Phi) is 4.74. The van der Waals surface area contributed by atoms with E-state index in [9.17, 15) is 17.5 Å². The summed E-state index contributed by atoms with van der Waals surface area (Å²) >= 11 is -2.63. The molecule has 0 saturated carbocycles. The number of hydrogen-bond donors (Lipinski definition) is 0. The van der Waals surface area contributed by atoms with Crippen LogP contribution in [0.15, 0.2) is 0 Å². The molecule has 0 aliphatic heterocycles. The highest BCUT2D eigenvalue weighted by molar-refractivity contribution is 7.76. The van der Waals surface area contributed by atoms with Crippen LogP contribution in [0.25, 0.3) is 0 Å². The second kappa shape index (κ2) is 4.78. The van der Waals surface area contributed by atoms with E-state index in [1.165, 1.54) is 0 Å². The van der Waals surface area contributed by atoms with E-state index in [1.807, 2.05) is 0 Å². The average Bonchev–Trinajstić information content (AvgIpc) is 1.82. The van der Waals surface area contributed by atoms with Crippen LogP contribution in [0.4, 0.5) is 8.78 Å². The van der Waals surface area contributed by atoms with E-state index in [0.717, 1.165) is 0 Å². The third-order valence-electron chi connectivity index (χ3n) is 0.678. The summed E-state index contributed by atoms with van der Waals surface area (Å²) in [4.78, 5) is 0. The Morgan fingerprint density at radius 2 is 2.11 bits per heavy atom. The van der Waals surface area contributed by atoms with Crippen molar-refractivity contribution in [2.75, 3.05) is 20.0 Å². The van der Waals surface area contributed by atoms with Crippen molar-refractivity contribution < 1.29 is 17.5 Å². The van der Waals surface area contributed by atoms with Crippen molar-refractivity contribution in [3.05, 3.63) is 0 Å². The minimum absolute atomic E-state index is 0.347. The number of hydrogen-bond acceptors (Lipinski definition) is 2. The molecule has 56 valence electrons. The van der Waals surface area contributed by atoms with Crippen molar-refractivity contribution in [3.8, 4) is 0 Å². The molecule has 0 N–H and O–H groups in total. The first-order valence-corrected chi connectivity index (χ1v) is 3.21. The van der Waals surface area contributed by atoms with Gasteiger partial charge in [0.2, 0.25) is 0 Å². The molecule has 3 nitrogen and oxygen atoms in total. The first-order chi connectivity index (χ1) is 4.22. The molecule has 0 aromatic heterocycles. The van der Waals surface area contributed by atoms with Crippen molar-refractivity contribution in [2.45, 2.75) is 0 Å². The fourth-order valence-electron chi connectivity index (χ4n) is 0.268. The van der Waals surface area contributed by atoms with Gasteiger partial charge in [0.25, 0.3) is 0 Å². The van der Waals surface area contributed by atoms with E-state index >= 15 is 0 Å². The summed E-state index contributed by atoms with van der Waals surface area (Å²) in [6, 6.07) is 0. The molecule has 0 bridgehead atoms. The molecule has 9 heavy (non-hydrogen) atoms. The SMILES string of the molecule is O=S([O-])N(CF)CCF. The maximum absolute atomic E-state index is 11.5. The highest BCUT2D eigenvalue weighted by atomic mass is 32.2. The lowest BCUT2D eigenvalue weighted by Gasteiger charge is -2.17. The molecular weight excluding hydrogens is 152 g/mol. The lowest BCUT2D eigenvalue weighted by atomic mass is 10.7. The monoisotopic (exact) mass is 158 g/mol. The van der Waals surface area contributed by atoms with Crippen LogP contribution in [0.5, 0.6) is 0 Å². The Labute approximate surface area is 54.1 Å². The highest BCUT2D eigenvalue weighted by Gasteiger charge is 2.01. The second-order valence-corrected chi connectivity index (χ2v) is 2.18. The first kappa shape index (κ1) is 8.93. The summed E-state index contributed by atoms with van der Waals surface area (Å²) in [5.41, 5.74) is 0. The Morgan fingerprint density at radius 3 is 2.22 bits per heavy atom. The molecule has 1 unspecified atom stereocenters. The molecule has 0 amide bonds. The van der Waals surface area contributed by atoms with Gasteiger partial charge in [-0.1, -0.05) is 0 Å². The lowest BCUT2D eigenvalue weighted by molar-refractivity contribution is 0.262. The summed E-state index contributed by atoms with van der Waals surface area (Å²) in [6.07, 6.45) is 0. The van der Waals surface area contributed by atoms with E-state index in [-0.39, 0.29) is 0 Å². The molecule has 6 heteroatoms. The zero-order valence-electron chi connectivity index (χ0n) is 4.55. The predicted octanol–water partition coefficient (Wildman–Crippen LogP) is -0.0210. The molecule has 0 aromatic carbocycles. The molecule has 0 heterocycles. The highest BCUT2D eigenvalue weighted by Crippen LogP contribution is 1.91. The summed E-state index contributed by atoms with van der Waals surface area (Å²) in [7, 11) is 0. The Hall–Kier alpha value is -0.0700. The van der Waals surface area contributed by atoms with E-state index in [1.54, 1.807) is 0 Å². The van der Waals surface area contributed by atoms with E-state index < -0.39 is 31.3 Å². The van der Waals surface area contributed by atoms with Gasteiger partial charge in [-0.25, -0.2) is 13.1 Å². The Balaban J connectivity index is 3.54. The molecule has 1 atom stereocenters. The first-order valence-electron chi connectivity index (χ1n) is 2.18. The van der Waals surface area contributed by atoms with Gasteiger partial charge in [0, 0.05) is 17.8 Å². The summed E-state index contributed by atoms with van der Waals surface area (Å²) in [5.74, 6) is 0. The van der Waals surface area contributed by atoms with E-state index in [2.05, 4.69) is 0 Å². The zero-order valence-corrected chi connectivity index (χ0v) is 5.37. The molecular formula is C3H6F2NO2S-. The molecule has 0 aromatic rings. The minimum atomic E-state index is -2.63. The zero-order chi connectivity index (χ0) is 7.28.